The number of rotatable bonds is 4. The number of hydrogen-bond donors (Lipinski definition) is 3. The summed E-state index contributed by atoms with van der Waals surface area (Å²) in [5.41, 5.74) is 0.340. The lowest BCUT2D eigenvalue weighted by atomic mass is 10.1. The van der Waals surface area contributed by atoms with Gasteiger partial charge in [0.2, 0.25) is 0 Å². The van der Waals surface area contributed by atoms with Crippen molar-refractivity contribution in [1.82, 2.24) is 5.32 Å². The van der Waals surface area contributed by atoms with Gasteiger partial charge in [-0.25, -0.2) is 9.18 Å². The molecule has 1 aliphatic heterocycles. The summed E-state index contributed by atoms with van der Waals surface area (Å²) in [5.74, 6) is -1.47. The summed E-state index contributed by atoms with van der Waals surface area (Å²) in [7, 11) is 0. The molecule has 1 fully saturated rings. The highest BCUT2D eigenvalue weighted by Gasteiger charge is 2.14. The van der Waals surface area contributed by atoms with E-state index in [-0.39, 0.29) is 11.3 Å². The van der Waals surface area contributed by atoms with E-state index in [0.717, 1.165) is 19.4 Å². The summed E-state index contributed by atoms with van der Waals surface area (Å²) in [5, 5.41) is 15.0. The first-order chi connectivity index (χ1) is 8.16. The number of hydrogen-bond acceptors (Lipinski definition) is 3. The lowest BCUT2D eigenvalue weighted by Gasteiger charge is -2.13. The third-order valence-corrected chi connectivity index (χ3v) is 2.91. The number of nitrogens with one attached hydrogen (secondary N) is 2. The first kappa shape index (κ1) is 11.9. The number of carboxylic acid groups (broad SMARTS) is 1. The van der Waals surface area contributed by atoms with E-state index in [2.05, 4.69) is 10.6 Å². The van der Waals surface area contributed by atoms with Gasteiger partial charge in [-0.2, -0.15) is 0 Å². The minimum absolute atomic E-state index is 0.0910. The normalized spacial score (nSPS) is 19.2. The maximum Gasteiger partial charge on any atom is 0.335 e. The standard InChI is InChI=1S/C12H15FN2O2/c13-10-4-3-8(12(16)17)6-11(10)15-7-9-2-1-5-14-9/h3-4,6,9,14-15H,1-2,5,7H2,(H,16,17). The molecule has 1 aromatic rings. The molecule has 1 atom stereocenters. The largest absolute Gasteiger partial charge is 0.478 e. The van der Waals surface area contributed by atoms with E-state index < -0.39 is 11.8 Å². The Hall–Kier alpha value is -1.62. The monoisotopic (exact) mass is 238 g/mol. The van der Waals surface area contributed by atoms with Gasteiger partial charge in [0.15, 0.2) is 0 Å². The van der Waals surface area contributed by atoms with Gasteiger partial charge in [-0.15, -0.1) is 0 Å². The number of aromatic carboxylic acids is 1. The second kappa shape index (κ2) is 5.14. The van der Waals surface area contributed by atoms with Gasteiger partial charge in [0.25, 0.3) is 0 Å². The first-order valence-electron chi connectivity index (χ1n) is 5.67. The molecule has 1 saturated heterocycles. The SMILES string of the molecule is O=C(O)c1ccc(F)c(NCC2CCCN2)c1. The molecule has 1 aromatic carbocycles. The molecule has 17 heavy (non-hydrogen) atoms. The predicted octanol–water partition coefficient (Wildman–Crippen LogP) is 1.69. The highest BCUT2D eigenvalue weighted by Crippen LogP contribution is 2.17. The van der Waals surface area contributed by atoms with Crippen molar-refractivity contribution in [2.45, 2.75) is 18.9 Å². The molecule has 1 aliphatic rings. The molecule has 0 radical (unpaired) electrons. The van der Waals surface area contributed by atoms with Gasteiger partial charge in [-0.1, -0.05) is 0 Å². The molecule has 92 valence electrons. The van der Waals surface area contributed by atoms with Gasteiger partial charge in [0.1, 0.15) is 5.82 Å². The Bertz CT molecular complexity index is 417. The first-order valence-corrected chi connectivity index (χ1v) is 5.67. The van der Waals surface area contributed by atoms with Gasteiger partial charge in [-0.05, 0) is 37.6 Å². The molecule has 0 bridgehead atoms. The van der Waals surface area contributed by atoms with E-state index in [1.165, 1.54) is 18.2 Å². The molecular weight excluding hydrogens is 223 g/mol. The molecule has 1 heterocycles. The molecule has 4 nitrogen and oxygen atoms in total. The zero-order valence-electron chi connectivity index (χ0n) is 9.37. The van der Waals surface area contributed by atoms with E-state index in [1.807, 2.05) is 0 Å². The van der Waals surface area contributed by atoms with Crippen LogP contribution in [0.5, 0.6) is 0 Å². The number of halogens is 1. The Kier molecular flexibility index (Phi) is 3.58. The van der Waals surface area contributed by atoms with Crippen LogP contribution in [0.4, 0.5) is 10.1 Å². The predicted molar refractivity (Wildman–Crippen MR) is 62.9 cm³/mol. The third-order valence-electron chi connectivity index (χ3n) is 2.91. The van der Waals surface area contributed by atoms with E-state index in [9.17, 15) is 9.18 Å². The van der Waals surface area contributed by atoms with Crippen molar-refractivity contribution in [3.63, 3.8) is 0 Å². The lowest BCUT2D eigenvalue weighted by molar-refractivity contribution is 0.0697. The molecule has 0 spiro atoms. The Balaban J connectivity index is 2.03. The fourth-order valence-electron chi connectivity index (χ4n) is 1.96. The van der Waals surface area contributed by atoms with Crippen LogP contribution < -0.4 is 10.6 Å². The molecule has 0 saturated carbocycles. The van der Waals surface area contributed by atoms with E-state index >= 15 is 0 Å². The molecule has 0 aromatic heterocycles. The molecule has 3 N–H and O–H groups in total. The van der Waals surface area contributed by atoms with Crippen LogP contribution in [0, 0.1) is 5.82 Å². The maximum absolute atomic E-state index is 13.4. The van der Waals surface area contributed by atoms with Crippen molar-refractivity contribution in [2.24, 2.45) is 0 Å². The zero-order valence-corrected chi connectivity index (χ0v) is 9.37. The van der Waals surface area contributed by atoms with E-state index in [1.54, 1.807) is 0 Å². The second-order valence-electron chi connectivity index (χ2n) is 4.17. The number of benzene rings is 1. The summed E-state index contributed by atoms with van der Waals surface area (Å²) in [6, 6.07) is 4.10. The topological polar surface area (TPSA) is 61.4 Å². The number of anilines is 1. The number of carboxylic acids is 1. The van der Waals surface area contributed by atoms with Gasteiger partial charge < -0.3 is 15.7 Å². The maximum atomic E-state index is 13.4. The fourth-order valence-corrected chi connectivity index (χ4v) is 1.96. The van der Waals surface area contributed by atoms with Crippen LogP contribution in [0.1, 0.15) is 23.2 Å². The van der Waals surface area contributed by atoms with Crippen molar-refractivity contribution in [1.29, 1.82) is 0 Å². The van der Waals surface area contributed by atoms with Crippen molar-refractivity contribution in [2.75, 3.05) is 18.4 Å². The van der Waals surface area contributed by atoms with Gasteiger partial charge in [0.05, 0.1) is 11.3 Å². The van der Waals surface area contributed by atoms with Crippen LogP contribution in [0.3, 0.4) is 0 Å². The summed E-state index contributed by atoms with van der Waals surface area (Å²) in [4.78, 5) is 10.8. The lowest BCUT2D eigenvalue weighted by Crippen LogP contribution is -2.29. The molecule has 2 rings (SSSR count). The number of carbonyl (C=O) groups is 1. The summed E-state index contributed by atoms with van der Waals surface area (Å²) >= 11 is 0. The van der Waals surface area contributed by atoms with Gasteiger partial charge in [-0.3, -0.25) is 0 Å². The van der Waals surface area contributed by atoms with Crippen LogP contribution >= 0.6 is 0 Å². The van der Waals surface area contributed by atoms with E-state index in [4.69, 9.17) is 5.11 Å². The summed E-state index contributed by atoms with van der Waals surface area (Å²) in [6.07, 6.45) is 2.19. The highest BCUT2D eigenvalue weighted by molar-refractivity contribution is 5.88. The molecule has 0 amide bonds. The van der Waals surface area contributed by atoms with Crippen LogP contribution in [0.25, 0.3) is 0 Å². The molecule has 0 aliphatic carbocycles. The van der Waals surface area contributed by atoms with Crippen molar-refractivity contribution in [3.05, 3.63) is 29.6 Å². The smallest absolute Gasteiger partial charge is 0.335 e. The van der Waals surface area contributed by atoms with Gasteiger partial charge >= 0.3 is 5.97 Å². The average Bonchev–Trinajstić information content (AvgIpc) is 2.80. The molecular formula is C12H15FN2O2. The van der Waals surface area contributed by atoms with Crippen molar-refractivity contribution >= 4 is 11.7 Å². The highest BCUT2D eigenvalue weighted by atomic mass is 19.1. The Morgan fingerprint density at radius 2 is 2.41 bits per heavy atom. The van der Waals surface area contributed by atoms with Crippen LogP contribution in [0.2, 0.25) is 0 Å². The fraction of sp³-hybridized carbons (Fsp3) is 0.417. The Morgan fingerprint density at radius 3 is 3.06 bits per heavy atom. The van der Waals surface area contributed by atoms with Crippen LogP contribution in [0.15, 0.2) is 18.2 Å². The zero-order chi connectivity index (χ0) is 12.3. The third kappa shape index (κ3) is 2.94. The van der Waals surface area contributed by atoms with E-state index in [0.29, 0.717) is 12.6 Å². The summed E-state index contributed by atoms with van der Waals surface area (Å²) < 4.78 is 13.4. The Labute approximate surface area is 98.8 Å². The minimum atomic E-state index is -1.05. The van der Waals surface area contributed by atoms with Gasteiger partial charge in [0, 0.05) is 12.6 Å². The minimum Gasteiger partial charge on any atom is -0.478 e. The van der Waals surface area contributed by atoms with Crippen LogP contribution in [-0.4, -0.2) is 30.2 Å². The molecule has 1 unspecified atom stereocenters. The van der Waals surface area contributed by atoms with Crippen LogP contribution in [-0.2, 0) is 0 Å². The Morgan fingerprint density at radius 1 is 1.59 bits per heavy atom. The van der Waals surface area contributed by atoms with Crippen molar-refractivity contribution < 1.29 is 14.3 Å². The quantitative estimate of drug-likeness (QED) is 0.747. The second-order valence-corrected chi connectivity index (χ2v) is 4.17. The van der Waals surface area contributed by atoms with Crippen molar-refractivity contribution in [3.8, 4) is 0 Å². The average molecular weight is 238 g/mol. The molecule has 5 heteroatoms. The summed E-state index contributed by atoms with van der Waals surface area (Å²) in [6.45, 7) is 1.60.